The molecule has 1 aliphatic rings. The van der Waals surface area contributed by atoms with Gasteiger partial charge in [0.05, 0.1) is 13.7 Å². The van der Waals surface area contributed by atoms with Crippen LogP contribution in [-0.4, -0.2) is 48.2 Å². The number of carbonyl (C=O) groups excluding carboxylic acids is 1. The molecule has 1 atom stereocenters. The molecule has 1 aromatic carbocycles. The van der Waals surface area contributed by atoms with Gasteiger partial charge < -0.3 is 19.5 Å². The summed E-state index contributed by atoms with van der Waals surface area (Å²) in [6.45, 7) is 3.14. The highest BCUT2D eigenvalue weighted by Crippen LogP contribution is 2.30. The molecule has 132 valence electrons. The van der Waals surface area contributed by atoms with Crippen molar-refractivity contribution in [3.63, 3.8) is 0 Å². The molecule has 6 heteroatoms. The number of benzene rings is 1. The van der Waals surface area contributed by atoms with Crippen LogP contribution in [0.4, 0.5) is 0 Å². The maximum atomic E-state index is 12.7. The van der Waals surface area contributed by atoms with Gasteiger partial charge in [-0.25, -0.2) is 4.79 Å². The number of piperidine rings is 1. The average molecular weight is 335 g/mol. The van der Waals surface area contributed by atoms with E-state index in [1.807, 2.05) is 0 Å². The topological polar surface area (TPSA) is 76.1 Å². The fourth-order valence-corrected chi connectivity index (χ4v) is 2.84. The van der Waals surface area contributed by atoms with Crippen molar-refractivity contribution in [3.05, 3.63) is 23.8 Å². The van der Waals surface area contributed by atoms with Crippen molar-refractivity contribution in [2.45, 2.75) is 45.1 Å². The Kier molecular flexibility index (Phi) is 6.46. The maximum absolute atomic E-state index is 12.7. The summed E-state index contributed by atoms with van der Waals surface area (Å²) in [5, 5.41) is 9.33. The number of ether oxygens (including phenoxy) is 2. The third-order valence-corrected chi connectivity index (χ3v) is 4.21. The normalized spacial score (nSPS) is 17.4. The second kappa shape index (κ2) is 8.57. The number of hydrogen-bond acceptors (Lipinski definition) is 4. The molecule has 1 N–H and O–H groups in total. The van der Waals surface area contributed by atoms with Crippen LogP contribution in [0.25, 0.3) is 0 Å². The Bertz CT molecular complexity index is 587. The lowest BCUT2D eigenvalue weighted by atomic mass is 10.0. The Balaban J connectivity index is 2.18. The van der Waals surface area contributed by atoms with E-state index in [1.54, 1.807) is 18.2 Å². The zero-order chi connectivity index (χ0) is 17.5. The van der Waals surface area contributed by atoms with Gasteiger partial charge in [-0.05, 0) is 43.9 Å². The Morgan fingerprint density at radius 1 is 1.29 bits per heavy atom. The molecule has 24 heavy (non-hydrogen) atoms. The highest BCUT2D eigenvalue weighted by Gasteiger charge is 2.32. The van der Waals surface area contributed by atoms with Crippen LogP contribution in [-0.2, 0) is 4.79 Å². The van der Waals surface area contributed by atoms with E-state index in [9.17, 15) is 14.7 Å². The standard InChI is InChI=1S/C18H25NO5/c1-3-4-11-24-15-9-8-13(12-16(15)23-2)17(20)19-10-6-5-7-14(19)18(21)22/h8-9,12,14H,3-7,10-11H2,1-2H3,(H,21,22). The van der Waals surface area contributed by atoms with E-state index in [0.29, 0.717) is 36.6 Å². The molecule has 1 saturated heterocycles. The minimum Gasteiger partial charge on any atom is -0.493 e. The lowest BCUT2D eigenvalue weighted by molar-refractivity contribution is -0.143. The van der Waals surface area contributed by atoms with E-state index >= 15 is 0 Å². The molecular weight excluding hydrogens is 310 g/mol. The first-order valence-electron chi connectivity index (χ1n) is 8.43. The Morgan fingerprint density at radius 2 is 2.08 bits per heavy atom. The fraction of sp³-hybridized carbons (Fsp3) is 0.556. The predicted octanol–water partition coefficient (Wildman–Crippen LogP) is 2.95. The molecule has 0 radical (unpaired) electrons. The molecule has 1 aliphatic heterocycles. The van der Waals surface area contributed by atoms with Crippen molar-refractivity contribution >= 4 is 11.9 Å². The van der Waals surface area contributed by atoms with E-state index < -0.39 is 12.0 Å². The smallest absolute Gasteiger partial charge is 0.326 e. The molecule has 0 bridgehead atoms. The lowest BCUT2D eigenvalue weighted by Gasteiger charge is -2.33. The van der Waals surface area contributed by atoms with Crippen molar-refractivity contribution in [2.24, 2.45) is 0 Å². The zero-order valence-electron chi connectivity index (χ0n) is 14.3. The van der Waals surface area contributed by atoms with Crippen LogP contribution in [0, 0.1) is 0 Å². The summed E-state index contributed by atoms with van der Waals surface area (Å²) in [6.07, 6.45) is 4.12. The van der Waals surface area contributed by atoms with Crippen molar-refractivity contribution in [3.8, 4) is 11.5 Å². The summed E-state index contributed by atoms with van der Waals surface area (Å²) in [4.78, 5) is 25.5. The van der Waals surface area contributed by atoms with Gasteiger partial charge >= 0.3 is 5.97 Å². The quantitative estimate of drug-likeness (QED) is 0.775. The highest BCUT2D eigenvalue weighted by molar-refractivity contribution is 5.97. The van der Waals surface area contributed by atoms with E-state index in [0.717, 1.165) is 25.7 Å². The summed E-state index contributed by atoms with van der Waals surface area (Å²) in [5.41, 5.74) is 0.419. The first-order valence-corrected chi connectivity index (χ1v) is 8.43. The monoisotopic (exact) mass is 335 g/mol. The van der Waals surface area contributed by atoms with E-state index in [4.69, 9.17) is 9.47 Å². The number of nitrogens with zero attached hydrogens (tertiary/aromatic N) is 1. The second-order valence-electron chi connectivity index (χ2n) is 5.92. The lowest BCUT2D eigenvalue weighted by Crippen LogP contribution is -2.47. The molecule has 1 unspecified atom stereocenters. The number of amides is 1. The minimum atomic E-state index is -0.950. The number of hydrogen-bond donors (Lipinski definition) is 1. The van der Waals surface area contributed by atoms with Gasteiger partial charge in [-0.1, -0.05) is 13.3 Å². The van der Waals surface area contributed by atoms with Crippen LogP contribution in [0.15, 0.2) is 18.2 Å². The first kappa shape index (κ1) is 18.1. The van der Waals surface area contributed by atoms with E-state index in [2.05, 4.69) is 6.92 Å². The molecule has 0 saturated carbocycles. The van der Waals surface area contributed by atoms with Crippen LogP contribution in [0.5, 0.6) is 11.5 Å². The molecule has 1 fully saturated rings. The number of carbonyl (C=O) groups is 2. The number of carboxylic acid groups (broad SMARTS) is 1. The largest absolute Gasteiger partial charge is 0.493 e. The zero-order valence-corrected chi connectivity index (χ0v) is 14.3. The number of likely N-dealkylation sites (tertiary alicyclic amines) is 1. The van der Waals surface area contributed by atoms with E-state index in [-0.39, 0.29) is 5.91 Å². The maximum Gasteiger partial charge on any atom is 0.326 e. The van der Waals surface area contributed by atoms with Gasteiger partial charge in [0, 0.05) is 12.1 Å². The number of rotatable bonds is 7. The summed E-state index contributed by atoms with van der Waals surface area (Å²) in [7, 11) is 1.53. The van der Waals surface area contributed by atoms with Gasteiger partial charge in [-0.15, -0.1) is 0 Å². The average Bonchev–Trinajstić information content (AvgIpc) is 2.61. The molecule has 2 rings (SSSR count). The van der Waals surface area contributed by atoms with Crippen LogP contribution < -0.4 is 9.47 Å². The van der Waals surface area contributed by atoms with Gasteiger partial charge in [0.2, 0.25) is 0 Å². The Labute approximate surface area is 142 Å². The predicted molar refractivity (Wildman–Crippen MR) is 89.7 cm³/mol. The summed E-state index contributed by atoms with van der Waals surface area (Å²) < 4.78 is 11.0. The number of aliphatic carboxylic acids is 1. The molecule has 1 aromatic rings. The van der Waals surface area contributed by atoms with Crippen LogP contribution >= 0.6 is 0 Å². The van der Waals surface area contributed by atoms with Gasteiger partial charge in [0.25, 0.3) is 5.91 Å². The van der Waals surface area contributed by atoms with Crippen molar-refractivity contribution in [2.75, 3.05) is 20.3 Å². The summed E-state index contributed by atoms with van der Waals surface area (Å²) in [5.74, 6) is -0.146. The number of carboxylic acids is 1. The Morgan fingerprint density at radius 3 is 2.75 bits per heavy atom. The second-order valence-corrected chi connectivity index (χ2v) is 5.92. The van der Waals surface area contributed by atoms with Gasteiger partial charge in [-0.2, -0.15) is 0 Å². The summed E-state index contributed by atoms with van der Waals surface area (Å²) >= 11 is 0. The van der Waals surface area contributed by atoms with Crippen LogP contribution in [0.3, 0.4) is 0 Å². The SMILES string of the molecule is CCCCOc1ccc(C(=O)N2CCCCC2C(=O)O)cc1OC. The van der Waals surface area contributed by atoms with Crippen molar-refractivity contribution in [1.29, 1.82) is 0 Å². The molecule has 0 aromatic heterocycles. The molecule has 1 amide bonds. The van der Waals surface area contributed by atoms with Crippen LogP contribution in [0.1, 0.15) is 49.4 Å². The molecule has 0 spiro atoms. The third-order valence-electron chi connectivity index (χ3n) is 4.21. The van der Waals surface area contributed by atoms with Crippen LogP contribution in [0.2, 0.25) is 0 Å². The summed E-state index contributed by atoms with van der Waals surface area (Å²) in [6, 6.07) is 4.25. The van der Waals surface area contributed by atoms with Gasteiger partial charge in [0.15, 0.2) is 11.5 Å². The minimum absolute atomic E-state index is 0.277. The molecule has 6 nitrogen and oxygen atoms in total. The van der Waals surface area contributed by atoms with Crippen molar-refractivity contribution < 1.29 is 24.2 Å². The van der Waals surface area contributed by atoms with Gasteiger partial charge in [0.1, 0.15) is 6.04 Å². The van der Waals surface area contributed by atoms with Gasteiger partial charge in [-0.3, -0.25) is 4.79 Å². The highest BCUT2D eigenvalue weighted by atomic mass is 16.5. The van der Waals surface area contributed by atoms with Crippen molar-refractivity contribution in [1.82, 2.24) is 4.90 Å². The Hall–Kier alpha value is -2.24. The number of unbranched alkanes of at least 4 members (excludes halogenated alkanes) is 1. The number of methoxy groups -OCH3 is 1. The fourth-order valence-electron chi connectivity index (χ4n) is 2.84. The molecular formula is C18H25NO5. The third kappa shape index (κ3) is 4.19. The molecule has 1 heterocycles. The van der Waals surface area contributed by atoms with E-state index in [1.165, 1.54) is 12.0 Å². The first-order chi connectivity index (χ1) is 11.6. The molecule has 0 aliphatic carbocycles.